The normalized spacial score (nSPS) is 19.8. The molecule has 1 N–H and O–H groups in total. The van der Waals surface area contributed by atoms with Gasteiger partial charge in [0, 0.05) is 6.92 Å². The summed E-state index contributed by atoms with van der Waals surface area (Å²) in [5.74, 6) is -2.52. The van der Waals surface area contributed by atoms with E-state index in [1.807, 2.05) is 0 Å². The van der Waals surface area contributed by atoms with Gasteiger partial charge in [0.05, 0.1) is 34.2 Å². The van der Waals surface area contributed by atoms with E-state index in [-0.39, 0.29) is 18.9 Å². The van der Waals surface area contributed by atoms with Crippen LogP contribution in [-0.4, -0.2) is 45.1 Å². The van der Waals surface area contributed by atoms with Gasteiger partial charge in [-0.25, -0.2) is 14.8 Å². The van der Waals surface area contributed by atoms with Crippen LogP contribution in [0.1, 0.15) is 109 Å². The van der Waals surface area contributed by atoms with Gasteiger partial charge in [0.15, 0.2) is 0 Å². The van der Waals surface area contributed by atoms with Crippen LogP contribution in [0.2, 0.25) is 0 Å². The van der Waals surface area contributed by atoms with E-state index in [1.165, 1.54) is 23.9 Å². The second kappa shape index (κ2) is 13.4. The van der Waals surface area contributed by atoms with E-state index in [1.54, 1.807) is 71.9 Å². The number of halogens is 6. The maximum Gasteiger partial charge on any atom is 0.429 e. The Morgan fingerprint density at radius 1 is 0.851 bits per heavy atom. The average molecular weight is 672 g/mol. The van der Waals surface area contributed by atoms with E-state index in [0.29, 0.717) is 30.5 Å². The van der Waals surface area contributed by atoms with E-state index < -0.39 is 75.6 Å². The minimum atomic E-state index is -5.06. The fourth-order valence-electron chi connectivity index (χ4n) is 5.86. The van der Waals surface area contributed by atoms with Crippen molar-refractivity contribution in [3.05, 3.63) is 70.8 Å². The molecule has 0 aliphatic heterocycles. The van der Waals surface area contributed by atoms with E-state index in [9.17, 15) is 40.7 Å². The van der Waals surface area contributed by atoms with Crippen LogP contribution in [0.3, 0.4) is 0 Å². The van der Waals surface area contributed by atoms with Gasteiger partial charge in [0.25, 0.3) is 0 Å². The molecular formula is C34H43F6N3O4. The lowest BCUT2D eigenvalue weighted by atomic mass is 9.74. The molecule has 0 saturated heterocycles. The lowest BCUT2D eigenvalue weighted by molar-refractivity contribution is -0.165. The Hall–Kier alpha value is -3.77. The Labute approximate surface area is 271 Å². The summed E-state index contributed by atoms with van der Waals surface area (Å²) in [4.78, 5) is 40.2. The highest BCUT2D eigenvalue weighted by Gasteiger charge is 2.46. The molecule has 2 aromatic carbocycles. The summed E-state index contributed by atoms with van der Waals surface area (Å²) >= 11 is 0. The molecule has 7 nitrogen and oxygen atoms in total. The number of hydrogen-bond donors (Lipinski definition) is 1. The van der Waals surface area contributed by atoms with Gasteiger partial charge in [-0.3, -0.25) is 9.59 Å². The van der Waals surface area contributed by atoms with Crippen LogP contribution in [0.4, 0.5) is 31.1 Å². The molecule has 0 aromatic heterocycles. The molecule has 2 aromatic rings. The monoisotopic (exact) mass is 671 g/mol. The number of ether oxygens (including phenoxy) is 1. The standard InChI is InChI=1S/C34H43F6N3O4/c1-21(23-18-25(33(35,36)37)20-26(19-23)34(38,39)40)28(45)41-32(24-12-10-9-11-13-24)16-14-27(15-17-32)42(22(2)44)43(30(3,4)5)29(46)47-31(6,7)8/h9-13,18-21,27H,14-17H2,1-8H3,(H,41,45). The average Bonchev–Trinajstić information content (AvgIpc) is 2.93. The fraction of sp³-hybridized carbons (Fsp3) is 0.559. The molecule has 0 heterocycles. The molecule has 13 heteroatoms. The smallest absolute Gasteiger partial charge is 0.429 e. The van der Waals surface area contributed by atoms with E-state index in [0.717, 1.165) is 0 Å². The first-order valence-electron chi connectivity index (χ1n) is 15.4. The molecule has 0 spiro atoms. The lowest BCUT2D eigenvalue weighted by Crippen LogP contribution is -2.63. The number of rotatable bonds is 5. The van der Waals surface area contributed by atoms with Gasteiger partial charge in [-0.15, -0.1) is 0 Å². The topological polar surface area (TPSA) is 79.0 Å². The zero-order chi connectivity index (χ0) is 35.8. The molecule has 3 amide bonds. The molecular weight excluding hydrogens is 628 g/mol. The zero-order valence-electron chi connectivity index (χ0n) is 27.9. The van der Waals surface area contributed by atoms with Crippen molar-refractivity contribution < 1.29 is 45.5 Å². The Bertz CT molecular complexity index is 1400. The molecule has 1 fully saturated rings. The first-order chi connectivity index (χ1) is 21.4. The third-order valence-corrected chi connectivity index (χ3v) is 8.09. The Kier molecular flexibility index (Phi) is 10.7. The number of nitrogens with one attached hydrogen (secondary N) is 1. The Morgan fingerprint density at radius 3 is 1.74 bits per heavy atom. The minimum absolute atomic E-state index is 0.0276. The van der Waals surface area contributed by atoms with Crippen molar-refractivity contribution in [2.75, 3.05) is 0 Å². The number of amides is 3. The van der Waals surface area contributed by atoms with Crippen LogP contribution in [0.5, 0.6) is 0 Å². The highest BCUT2D eigenvalue weighted by molar-refractivity contribution is 5.84. The zero-order valence-corrected chi connectivity index (χ0v) is 27.9. The molecule has 0 radical (unpaired) electrons. The Morgan fingerprint density at radius 2 is 1.34 bits per heavy atom. The number of carbonyl (C=O) groups excluding carboxylic acids is 3. The molecule has 1 saturated carbocycles. The van der Waals surface area contributed by atoms with Crippen molar-refractivity contribution in [3.8, 4) is 0 Å². The van der Waals surface area contributed by atoms with Crippen molar-refractivity contribution in [3.63, 3.8) is 0 Å². The summed E-state index contributed by atoms with van der Waals surface area (Å²) in [5.41, 5.74) is -5.49. The third-order valence-electron chi connectivity index (χ3n) is 8.09. The summed E-state index contributed by atoms with van der Waals surface area (Å²) < 4.78 is 86.9. The SMILES string of the molecule is CC(=O)N(C1CCC(NC(=O)C(C)c2cc(C(F)(F)F)cc(C(F)(F)F)c2)(c2ccccc2)CC1)N(C(=O)OC(C)(C)C)C(C)(C)C. The van der Waals surface area contributed by atoms with Crippen LogP contribution in [-0.2, 0) is 32.2 Å². The van der Waals surface area contributed by atoms with Crippen LogP contribution in [0.15, 0.2) is 48.5 Å². The van der Waals surface area contributed by atoms with Crippen LogP contribution in [0, 0.1) is 0 Å². The highest BCUT2D eigenvalue weighted by atomic mass is 19.4. The van der Waals surface area contributed by atoms with E-state index >= 15 is 0 Å². The maximum atomic E-state index is 13.7. The van der Waals surface area contributed by atoms with Crippen molar-refractivity contribution >= 4 is 17.9 Å². The molecule has 1 aliphatic carbocycles. The van der Waals surface area contributed by atoms with Crippen LogP contribution < -0.4 is 5.32 Å². The first-order valence-corrected chi connectivity index (χ1v) is 15.4. The number of hydrazine groups is 1. The largest absolute Gasteiger partial charge is 0.442 e. The minimum Gasteiger partial charge on any atom is -0.442 e. The molecule has 1 unspecified atom stereocenters. The number of carbonyl (C=O) groups is 3. The number of hydrogen-bond acceptors (Lipinski definition) is 4. The van der Waals surface area contributed by atoms with Crippen LogP contribution in [0.25, 0.3) is 0 Å². The van der Waals surface area contributed by atoms with E-state index in [4.69, 9.17) is 4.74 Å². The quantitative estimate of drug-likeness (QED) is 0.255. The summed E-state index contributed by atoms with van der Waals surface area (Å²) in [6, 6.07) is 9.52. The summed E-state index contributed by atoms with van der Waals surface area (Å²) in [7, 11) is 0. The molecule has 47 heavy (non-hydrogen) atoms. The maximum absolute atomic E-state index is 13.7. The van der Waals surface area contributed by atoms with Gasteiger partial charge in [-0.05, 0) is 103 Å². The highest BCUT2D eigenvalue weighted by Crippen LogP contribution is 2.42. The van der Waals surface area contributed by atoms with Crippen molar-refractivity contribution in [2.24, 2.45) is 0 Å². The second-order valence-corrected chi connectivity index (χ2v) is 14.1. The van der Waals surface area contributed by atoms with Gasteiger partial charge in [0.2, 0.25) is 11.8 Å². The van der Waals surface area contributed by atoms with Gasteiger partial charge in [-0.1, -0.05) is 30.3 Å². The predicted molar refractivity (Wildman–Crippen MR) is 164 cm³/mol. The summed E-state index contributed by atoms with van der Waals surface area (Å²) in [5, 5.41) is 5.64. The summed E-state index contributed by atoms with van der Waals surface area (Å²) in [6.45, 7) is 13.0. The van der Waals surface area contributed by atoms with Crippen LogP contribution >= 0.6 is 0 Å². The molecule has 1 atom stereocenters. The van der Waals surface area contributed by atoms with Crippen molar-refractivity contribution in [1.29, 1.82) is 0 Å². The molecule has 0 bridgehead atoms. The van der Waals surface area contributed by atoms with Gasteiger partial charge < -0.3 is 10.1 Å². The lowest BCUT2D eigenvalue weighted by Gasteiger charge is -2.50. The summed E-state index contributed by atoms with van der Waals surface area (Å²) in [6.07, 6.45) is -9.70. The van der Waals surface area contributed by atoms with Crippen molar-refractivity contribution in [1.82, 2.24) is 15.3 Å². The van der Waals surface area contributed by atoms with E-state index in [2.05, 4.69) is 5.32 Å². The van der Waals surface area contributed by atoms with Gasteiger partial charge >= 0.3 is 18.4 Å². The molecule has 260 valence electrons. The third kappa shape index (κ3) is 9.19. The molecule has 3 rings (SSSR count). The predicted octanol–water partition coefficient (Wildman–Crippen LogP) is 8.58. The molecule has 1 aliphatic rings. The fourth-order valence-corrected chi connectivity index (χ4v) is 5.86. The second-order valence-electron chi connectivity index (χ2n) is 14.1. The number of nitrogens with zero attached hydrogens (tertiary/aromatic N) is 2. The first kappa shape index (κ1) is 37.7. The van der Waals surface area contributed by atoms with Crippen molar-refractivity contribution in [2.45, 2.75) is 122 Å². The van der Waals surface area contributed by atoms with Gasteiger partial charge in [0.1, 0.15) is 5.60 Å². The number of alkyl halides is 6. The van der Waals surface area contributed by atoms with Gasteiger partial charge in [-0.2, -0.15) is 26.3 Å². The Balaban J connectivity index is 1.97. The number of benzene rings is 2.